The minimum absolute atomic E-state index is 0.242. The number of thioether (sulfide) groups is 1. The molecule has 4 heteroatoms. The van der Waals surface area contributed by atoms with E-state index in [1.54, 1.807) is 23.2 Å². The fourth-order valence-electron chi connectivity index (χ4n) is 1.20. The summed E-state index contributed by atoms with van der Waals surface area (Å²) >= 11 is 2.89. The molecular weight excluding hydrogens is 204 g/mol. The molecule has 2 N–H and O–H groups in total. The molecule has 0 amide bonds. The first kappa shape index (κ1) is 8.72. The molecule has 2 aromatic rings. The molecular formula is C9H8O2S2. The first-order chi connectivity index (χ1) is 6.22. The highest BCUT2D eigenvalue weighted by Crippen LogP contribution is 2.39. The van der Waals surface area contributed by atoms with Crippen molar-refractivity contribution >= 4 is 33.2 Å². The Morgan fingerprint density at radius 3 is 2.69 bits per heavy atom. The van der Waals surface area contributed by atoms with Gasteiger partial charge >= 0.3 is 0 Å². The van der Waals surface area contributed by atoms with E-state index < -0.39 is 0 Å². The quantitative estimate of drug-likeness (QED) is 0.714. The van der Waals surface area contributed by atoms with Gasteiger partial charge in [-0.05, 0) is 18.4 Å². The van der Waals surface area contributed by atoms with Gasteiger partial charge in [0.25, 0.3) is 0 Å². The summed E-state index contributed by atoms with van der Waals surface area (Å²) < 4.78 is 0.746. The zero-order valence-corrected chi connectivity index (χ0v) is 8.58. The van der Waals surface area contributed by atoms with Crippen LogP contribution in [0.2, 0.25) is 0 Å². The molecule has 2 nitrogen and oxygen atoms in total. The number of phenolic OH excluding ortho intramolecular Hbond substituents is 1. The molecule has 13 heavy (non-hydrogen) atoms. The Labute approximate surface area is 83.8 Å². The molecule has 0 aliphatic heterocycles. The van der Waals surface area contributed by atoms with Gasteiger partial charge in [-0.1, -0.05) is 0 Å². The van der Waals surface area contributed by atoms with Crippen molar-refractivity contribution in [2.24, 2.45) is 0 Å². The van der Waals surface area contributed by atoms with Gasteiger partial charge in [-0.15, -0.1) is 23.1 Å². The van der Waals surface area contributed by atoms with Gasteiger partial charge in [0.05, 0.1) is 4.70 Å². The van der Waals surface area contributed by atoms with Crippen molar-refractivity contribution in [1.82, 2.24) is 0 Å². The Bertz CT molecular complexity index is 448. The van der Waals surface area contributed by atoms with Crippen LogP contribution in [0.3, 0.4) is 0 Å². The number of hydrogen-bond donors (Lipinski definition) is 2. The van der Waals surface area contributed by atoms with Crippen molar-refractivity contribution in [3.63, 3.8) is 0 Å². The summed E-state index contributed by atoms with van der Waals surface area (Å²) in [4.78, 5) is 0.957. The minimum atomic E-state index is 0.242. The molecule has 0 aliphatic carbocycles. The van der Waals surface area contributed by atoms with Crippen LogP contribution >= 0.6 is 23.1 Å². The molecule has 0 spiro atoms. The molecule has 0 unspecified atom stereocenters. The Kier molecular flexibility index (Phi) is 2.09. The van der Waals surface area contributed by atoms with Crippen LogP contribution in [0.25, 0.3) is 10.1 Å². The predicted molar refractivity (Wildman–Crippen MR) is 56.9 cm³/mol. The van der Waals surface area contributed by atoms with Gasteiger partial charge in [-0.2, -0.15) is 0 Å². The summed E-state index contributed by atoms with van der Waals surface area (Å²) in [5.74, 6) is 0.485. The van der Waals surface area contributed by atoms with Crippen molar-refractivity contribution < 1.29 is 10.2 Å². The lowest BCUT2D eigenvalue weighted by Gasteiger charge is -1.99. The summed E-state index contributed by atoms with van der Waals surface area (Å²) in [6.07, 6.45) is 1.93. The van der Waals surface area contributed by atoms with E-state index in [2.05, 4.69) is 0 Å². The first-order valence-electron chi connectivity index (χ1n) is 3.69. The Balaban J connectivity index is 2.80. The SMILES string of the molecule is CSc1cc(O)c2scc(O)c2c1. The highest BCUT2D eigenvalue weighted by Gasteiger charge is 2.08. The summed E-state index contributed by atoms with van der Waals surface area (Å²) in [5, 5.41) is 21.4. The topological polar surface area (TPSA) is 40.5 Å². The molecule has 0 radical (unpaired) electrons. The zero-order valence-electron chi connectivity index (χ0n) is 6.94. The number of thiophene rings is 1. The van der Waals surface area contributed by atoms with Crippen LogP contribution in [0.4, 0.5) is 0 Å². The lowest BCUT2D eigenvalue weighted by Crippen LogP contribution is -1.71. The largest absolute Gasteiger partial charge is 0.506 e. The molecule has 0 aliphatic rings. The van der Waals surface area contributed by atoms with Gasteiger partial charge < -0.3 is 10.2 Å². The lowest BCUT2D eigenvalue weighted by molar-refractivity contribution is 0.477. The van der Waals surface area contributed by atoms with E-state index in [4.69, 9.17) is 0 Å². The second-order valence-electron chi connectivity index (χ2n) is 2.64. The third-order valence-electron chi connectivity index (χ3n) is 1.84. The van der Waals surface area contributed by atoms with E-state index >= 15 is 0 Å². The number of rotatable bonds is 1. The lowest BCUT2D eigenvalue weighted by atomic mass is 10.2. The Morgan fingerprint density at radius 1 is 1.23 bits per heavy atom. The Morgan fingerprint density at radius 2 is 2.00 bits per heavy atom. The van der Waals surface area contributed by atoms with Crippen LogP contribution in [0.5, 0.6) is 11.5 Å². The maximum absolute atomic E-state index is 9.58. The second-order valence-corrected chi connectivity index (χ2v) is 4.40. The molecule has 1 aromatic carbocycles. The predicted octanol–water partition coefficient (Wildman–Crippen LogP) is 3.03. The number of phenols is 1. The highest BCUT2D eigenvalue weighted by molar-refractivity contribution is 7.98. The third kappa shape index (κ3) is 1.36. The Hall–Kier alpha value is -0.870. The van der Waals surface area contributed by atoms with E-state index in [9.17, 15) is 10.2 Å². The van der Waals surface area contributed by atoms with Crippen molar-refractivity contribution in [2.45, 2.75) is 4.90 Å². The van der Waals surface area contributed by atoms with Crippen LogP contribution in [0, 0.1) is 0 Å². The third-order valence-corrected chi connectivity index (χ3v) is 3.56. The van der Waals surface area contributed by atoms with Crippen LogP contribution < -0.4 is 0 Å². The molecule has 68 valence electrons. The molecule has 1 heterocycles. The number of benzene rings is 1. The fourth-order valence-corrected chi connectivity index (χ4v) is 2.49. The fraction of sp³-hybridized carbons (Fsp3) is 0.111. The highest BCUT2D eigenvalue weighted by atomic mass is 32.2. The molecule has 0 saturated heterocycles. The number of fused-ring (bicyclic) bond motifs is 1. The molecule has 1 aromatic heterocycles. The van der Waals surface area contributed by atoms with Gasteiger partial charge in [-0.25, -0.2) is 0 Å². The summed E-state index contributed by atoms with van der Waals surface area (Å²) in [7, 11) is 0. The molecule has 0 fully saturated rings. The maximum Gasteiger partial charge on any atom is 0.134 e. The van der Waals surface area contributed by atoms with Crippen molar-refractivity contribution in [1.29, 1.82) is 0 Å². The van der Waals surface area contributed by atoms with E-state index in [-0.39, 0.29) is 11.5 Å². The minimum Gasteiger partial charge on any atom is -0.506 e. The number of hydrogen-bond acceptors (Lipinski definition) is 4. The molecule has 2 rings (SSSR count). The van der Waals surface area contributed by atoms with Crippen LogP contribution in [0.1, 0.15) is 0 Å². The van der Waals surface area contributed by atoms with Gasteiger partial charge in [0.1, 0.15) is 11.5 Å². The average Bonchev–Trinajstić information content (AvgIpc) is 2.48. The molecule has 0 saturated carbocycles. The normalized spacial score (nSPS) is 10.8. The van der Waals surface area contributed by atoms with Crippen LogP contribution in [0.15, 0.2) is 22.4 Å². The van der Waals surface area contributed by atoms with Gasteiger partial charge in [-0.3, -0.25) is 0 Å². The van der Waals surface area contributed by atoms with Gasteiger partial charge in [0.2, 0.25) is 0 Å². The first-order valence-corrected chi connectivity index (χ1v) is 5.80. The van der Waals surface area contributed by atoms with Crippen LogP contribution in [-0.4, -0.2) is 16.5 Å². The summed E-state index contributed by atoms with van der Waals surface area (Å²) in [6, 6.07) is 3.59. The molecule has 0 atom stereocenters. The van der Waals surface area contributed by atoms with E-state index in [0.29, 0.717) is 0 Å². The second kappa shape index (κ2) is 3.12. The van der Waals surface area contributed by atoms with Crippen LogP contribution in [-0.2, 0) is 0 Å². The van der Waals surface area contributed by atoms with E-state index in [1.165, 1.54) is 11.3 Å². The average molecular weight is 212 g/mol. The molecule has 0 bridgehead atoms. The summed E-state index contributed by atoms with van der Waals surface area (Å²) in [6.45, 7) is 0. The maximum atomic E-state index is 9.58. The van der Waals surface area contributed by atoms with Crippen molar-refractivity contribution in [3.8, 4) is 11.5 Å². The van der Waals surface area contributed by atoms with Gasteiger partial charge in [0.15, 0.2) is 0 Å². The van der Waals surface area contributed by atoms with Crippen molar-refractivity contribution in [3.05, 3.63) is 17.5 Å². The zero-order chi connectivity index (χ0) is 9.42. The smallest absolute Gasteiger partial charge is 0.134 e. The monoisotopic (exact) mass is 212 g/mol. The van der Waals surface area contributed by atoms with E-state index in [0.717, 1.165) is 15.0 Å². The number of aromatic hydroxyl groups is 2. The van der Waals surface area contributed by atoms with Crippen molar-refractivity contribution in [2.75, 3.05) is 6.26 Å². The standard InChI is InChI=1S/C9H8O2S2/c1-12-5-2-6-8(11)4-13-9(6)7(10)3-5/h2-4,10-11H,1H3. The van der Waals surface area contributed by atoms with E-state index in [1.807, 2.05) is 12.3 Å². The van der Waals surface area contributed by atoms with Gasteiger partial charge in [0, 0.05) is 15.7 Å². The summed E-state index contributed by atoms with van der Waals surface area (Å²) in [5.41, 5.74) is 0.